The zero-order valence-electron chi connectivity index (χ0n) is 18.2. The molecule has 6 heteroatoms. The molecule has 3 aromatic rings. The van der Waals surface area contributed by atoms with Crippen molar-refractivity contribution in [2.45, 2.75) is 19.9 Å². The Hall–Kier alpha value is -2.18. The smallest absolute Gasteiger partial charge is 0.256 e. The minimum Gasteiger partial charge on any atom is -0.313 e. The molecule has 1 aliphatic rings. The molecule has 1 saturated heterocycles. The fourth-order valence-electron chi connectivity index (χ4n) is 4.14. The summed E-state index contributed by atoms with van der Waals surface area (Å²) < 4.78 is 0. The molecule has 1 aliphatic heterocycles. The number of piperazine rings is 1. The van der Waals surface area contributed by atoms with Crippen LogP contribution < -0.4 is 5.32 Å². The Morgan fingerprint density at radius 2 is 1.65 bits per heavy atom. The van der Waals surface area contributed by atoms with Crippen molar-refractivity contribution in [1.29, 1.82) is 0 Å². The van der Waals surface area contributed by atoms with E-state index in [4.69, 9.17) is 11.6 Å². The molecule has 1 atom stereocenters. The second-order valence-electron chi connectivity index (χ2n) is 8.11. The van der Waals surface area contributed by atoms with E-state index in [2.05, 4.69) is 42.1 Å². The van der Waals surface area contributed by atoms with Crippen LogP contribution in [0.3, 0.4) is 0 Å². The van der Waals surface area contributed by atoms with E-state index in [1.807, 2.05) is 48.5 Å². The van der Waals surface area contributed by atoms with Gasteiger partial charge in [0.15, 0.2) is 0 Å². The number of hydrogen-bond donors (Lipinski definition) is 1. The van der Waals surface area contributed by atoms with Crippen molar-refractivity contribution in [1.82, 2.24) is 9.80 Å². The van der Waals surface area contributed by atoms with E-state index in [0.717, 1.165) is 47.3 Å². The number of anilines is 1. The summed E-state index contributed by atoms with van der Waals surface area (Å²) in [5.41, 5.74) is 4.12. The minimum absolute atomic E-state index is 0.00146. The van der Waals surface area contributed by atoms with Gasteiger partial charge >= 0.3 is 0 Å². The van der Waals surface area contributed by atoms with Crippen LogP contribution in [0, 0.1) is 13.8 Å². The first kappa shape index (κ1) is 22.0. The van der Waals surface area contributed by atoms with E-state index < -0.39 is 0 Å². The van der Waals surface area contributed by atoms with E-state index >= 15 is 0 Å². The standard InChI is InChI=1S/C25H28ClN3OS/c1-17-18(2)31-25(27-24(30)19-9-5-4-6-10-19)22(17)23(20-11-7-8-12-21(20)26)29-15-13-28(3)14-16-29/h4-12,23H,13-16H2,1-3H3,(H,27,30). The van der Waals surface area contributed by atoms with Gasteiger partial charge < -0.3 is 10.2 Å². The van der Waals surface area contributed by atoms with Crippen LogP contribution in [0.4, 0.5) is 5.00 Å². The van der Waals surface area contributed by atoms with Gasteiger partial charge in [0.1, 0.15) is 5.00 Å². The lowest BCUT2D eigenvalue weighted by atomic mass is 9.94. The zero-order valence-corrected chi connectivity index (χ0v) is 19.8. The predicted octanol–water partition coefficient (Wildman–Crippen LogP) is 5.61. The Labute approximate surface area is 193 Å². The van der Waals surface area contributed by atoms with Crippen molar-refractivity contribution in [3.05, 3.63) is 86.8 Å². The van der Waals surface area contributed by atoms with Gasteiger partial charge in [0, 0.05) is 47.2 Å². The molecule has 0 radical (unpaired) electrons. The molecule has 0 bridgehead atoms. The Morgan fingerprint density at radius 1 is 1.00 bits per heavy atom. The summed E-state index contributed by atoms with van der Waals surface area (Å²) in [5.74, 6) is -0.0839. The first-order valence-corrected chi connectivity index (χ1v) is 11.8. The van der Waals surface area contributed by atoms with E-state index in [1.54, 1.807) is 11.3 Å². The van der Waals surface area contributed by atoms with Gasteiger partial charge in [-0.1, -0.05) is 48.0 Å². The number of carbonyl (C=O) groups is 1. The fourth-order valence-corrected chi connectivity index (χ4v) is 5.47. The van der Waals surface area contributed by atoms with E-state index in [1.165, 1.54) is 10.4 Å². The fraction of sp³-hybridized carbons (Fsp3) is 0.320. The minimum atomic E-state index is -0.0839. The second-order valence-corrected chi connectivity index (χ2v) is 9.74. The van der Waals surface area contributed by atoms with E-state index in [-0.39, 0.29) is 11.9 Å². The van der Waals surface area contributed by atoms with Crippen LogP contribution in [-0.4, -0.2) is 48.9 Å². The predicted molar refractivity (Wildman–Crippen MR) is 131 cm³/mol. The van der Waals surface area contributed by atoms with Crippen LogP contribution in [0.5, 0.6) is 0 Å². The zero-order chi connectivity index (χ0) is 22.0. The van der Waals surface area contributed by atoms with Gasteiger partial charge in [0.05, 0.1) is 6.04 Å². The Morgan fingerprint density at radius 3 is 2.32 bits per heavy atom. The van der Waals surface area contributed by atoms with Crippen molar-refractivity contribution >= 4 is 33.8 Å². The van der Waals surface area contributed by atoms with Gasteiger partial charge in [-0.05, 0) is 50.2 Å². The third kappa shape index (κ3) is 4.70. The number of rotatable bonds is 5. The molecule has 1 fully saturated rings. The number of benzene rings is 2. The first-order valence-electron chi connectivity index (χ1n) is 10.6. The lowest BCUT2D eigenvalue weighted by Crippen LogP contribution is -2.46. The number of thiophene rings is 1. The summed E-state index contributed by atoms with van der Waals surface area (Å²) in [6.45, 7) is 8.19. The number of hydrogen-bond acceptors (Lipinski definition) is 4. The van der Waals surface area contributed by atoms with Crippen LogP contribution in [0.1, 0.15) is 38.0 Å². The van der Waals surface area contributed by atoms with Crippen LogP contribution >= 0.6 is 22.9 Å². The van der Waals surface area contributed by atoms with E-state index in [9.17, 15) is 4.79 Å². The van der Waals surface area contributed by atoms with Crippen molar-refractivity contribution in [3.8, 4) is 0 Å². The monoisotopic (exact) mass is 453 g/mol. The largest absolute Gasteiger partial charge is 0.313 e. The molecule has 2 heterocycles. The molecule has 31 heavy (non-hydrogen) atoms. The highest BCUT2D eigenvalue weighted by molar-refractivity contribution is 7.16. The van der Waals surface area contributed by atoms with Gasteiger partial charge in [0.25, 0.3) is 5.91 Å². The maximum Gasteiger partial charge on any atom is 0.256 e. The molecule has 0 saturated carbocycles. The van der Waals surface area contributed by atoms with Crippen LogP contribution in [-0.2, 0) is 0 Å². The number of halogens is 1. The second kappa shape index (κ2) is 9.53. The van der Waals surface area contributed by atoms with Crippen molar-refractivity contribution in [3.63, 3.8) is 0 Å². The highest BCUT2D eigenvalue weighted by Crippen LogP contribution is 2.44. The highest BCUT2D eigenvalue weighted by Gasteiger charge is 2.32. The molecule has 1 N–H and O–H groups in total. The van der Waals surface area contributed by atoms with Crippen LogP contribution in [0.25, 0.3) is 0 Å². The average Bonchev–Trinajstić information content (AvgIpc) is 3.05. The number of carbonyl (C=O) groups excluding carboxylic acids is 1. The van der Waals surface area contributed by atoms with Gasteiger partial charge in [0.2, 0.25) is 0 Å². The summed E-state index contributed by atoms with van der Waals surface area (Å²) in [6, 6.07) is 17.5. The molecule has 0 aliphatic carbocycles. The number of nitrogens with one attached hydrogen (secondary N) is 1. The number of nitrogens with zero attached hydrogens (tertiary/aromatic N) is 2. The van der Waals surface area contributed by atoms with Gasteiger partial charge in [-0.25, -0.2) is 0 Å². The number of amides is 1. The van der Waals surface area contributed by atoms with Crippen molar-refractivity contribution in [2.24, 2.45) is 0 Å². The maximum absolute atomic E-state index is 13.0. The summed E-state index contributed by atoms with van der Waals surface area (Å²) in [7, 11) is 2.16. The molecule has 2 aromatic carbocycles. The van der Waals surface area contributed by atoms with Crippen LogP contribution in [0.2, 0.25) is 5.02 Å². The molecular weight excluding hydrogens is 426 g/mol. The highest BCUT2D eigenvalue weighted by atomic mass is 35.5. The van der Waals surface area contributed by atoms with Gasteiger partial charge in [-0.2, -0.15) is 0 Å². The topological polar surface area (TPSA) is 35.6 Å². The SMILES string of the molecule is Cc1sc(NC(=O)c2ccccc2)c(C(c2ccccc2Cl)N2CCN(C)CC2)c1C. The first-order chi connectivity index (χ1) is 15.0. The summed E-state index contributed by atoms with van der Waals surface area (Å²) in [5, 5.41) is 4.87. The maximum atomic E-state index is 13.0. The van der Waals surface area contributed by atoms with Crippen molar-refractivity contribution < 1.29 is 4.79 Å². The molecule has 1 amide bonds. The average molecular weight is 454 g/mol. The van der Waals surface area contributed by atoms with Gasteiger partial charge in [-0.3, -0.25) is 9.69 Å². The molecule has 0 spiro atoms. The van der Waals surface area contributed by atoms with Gasteiger partial charge in [-0.15, -0.1) is 11.3 Å². The molecule has 4 nitrogen and oxygen atoms in total. The van der Waals surface area contributed by atoms with Crippen LogP contribution in [0.15, 0.2) is 54.6 Å². The lowest BCUT2D eigenvalue weighted by molar-refractivity contribution is 0.102. The number of likely N-dealkylation sites (N-methyl/N-ethyl adjacent to an activating group) is 1. The molecule has 162 valence electrons. The normalized spacial score (nSPS) is 16.3. The Kier molecular flexibility index (Phi) is 6.77. The third-order valence-electron chi connectivity index (χ3n) is 6.07. The Balaban J connectivity index is 1.78. The summed E-state index contributed by atoms with van der Waals surface area (Å²) in [4.78, 5) is 19.0. The third-order valence-corrected chi connectivity index (χ3v) is 7.55. The molecular formula is C25H28ClN3OS. The quantitative estimate of drug-likeness (QED) is 0.545. The lowest BCUT2D eigenvalue weighted by Gasteiger charge is -2.39. The van der Waals surface area contributed by atoms with Crippen molar-refractivity contribution in [2.75, 3.05) is 38.5 Å². The summed E-state index contributed by atoms with van der Waals surface area (Å²) in [6.07, 6.45) is 0. The Bertz CT molecular complexity index is 1060. The molecule has 1 unspecified atom stereocenters. The van der Waals surface area contributed by atoms with E-state index in [0.29, 0.717) is 5.56 Å². The molecule has 1 aromatic heterocycles. The summed E-state index contributed by atoms with van der Waals surface area (Å²) >= 11 is 8.35. The molecule has 4 rings (SSSR count). The number of aryl methyl sites for hydroxylation is 1.